The van der Waals surface area contributed by atoms with E-state index in [1.165, 1.54) is 7.11 Å². The molecule has 1 unspecified atom stereocenters. The number of nitrogens with zero attached hydrogens (tertiary/aromatic N) is 3. The molecule has 1 aromatic heterocycles. The molecule has 0 aliphatic heterocycles. The first-order chi connectivity index (χ1) is 20.5. The van der Waals surface area contributed by atoms with Crippen molar-refractivity contribution in [3.8, 4) is 17.2 Å². The van der Waals surface area contributed by atoms with Crippen LogP contribution in [0.4, 0.5) is 0 Å². The first kappa shape index (κ1) is 32.9. The summed E-state index contributed by atoms with van der Waals surface area (Å²) in [4.78, 5) is 57.0. The number of rotatable bonds is 16. The summed E-state index contributed by atoms with van der Waals surface area (Å²) in [6.07, 6.45) is 0.0175. The lowest BCUT2D eigenvalue weighted by Crippen LogP contribution is -2.55. The van der Waals surface area contributed by atoms with Crippen LogP contribution in [0.15, 0.2) is 53.1 Å². The molecule has 0 spiro atoms. The van der Waals surface area contributed by atoms with Crippen LogP contribution in [0.3, 0.4) is 0 Å². The average Bonchev–Trinajstić information content (AvgIpc) is 3.40. The number of Topliss-reactive ketones (excluding diaryl/α,β-unsaturated/α-hetero) is 1. The van der Waals surface area contributed by atoms with Crippen molar-refractivity contribution in [2.24, 2.45) is 5.92 Å². The number of aryl methyl sites for hydroxylation is 1. The summed E-state index contributed by atoms with van der Waals surface area (Å²) in [6, 6.07) is 12.6. The number of amides is 2. The van der Waals surface area contributed by atoms with Crippen molar-refractivity contribution in [3.05, 3.63) is 65.5 Å². The summed E-state index contributed by atoms with van der Waals surface area (Å²) in [7, 11) is 3.25. The average molecular weight is 594 g/mol. The van der Waals surface area contributed by atoms with Crippen LogP contribution < -0.4 is 15.4 Å². The van der Waals surface area contributed by atoms with E-state index in [0.717, 1.165) is 5.56 Å². The molecule has 3 N–H and O–H groups in total. The molecule has 0 aliphatic rings. The molecule has 12 heteroatoms. The number of hydrogen-bond acceptors (Lipinski definition) is 9. The Hall–Kier alpha value is -4.58. The second-order valence-electron chi connectivity index (χ2n) is 10.7. The molecule has 0 aliphatic carbocycles. The van der Waals surface area contributed by atoms with E-state index in [-0.39, 0.29) is 18.9 Å². The van der Waals surface area contributed by atoms with Gasteiger partial charge < -0.3 is 25.0 Å². The second kappa shape index (κ2) is 15.6. The van der Waals surface area contributed by atoms with Gasteiger partial charge in [0.15, 0.2) is 11.6 Å². The van der Waals surface area contributed by atoms with Crippen molar-refractivity contribution in [1.29, 1.82) is 0 Å². The molecule has 0 bridgehead atoms. The van der Waals surface area contributed by atoms with Crippen LogP contribution in [0, 0.1) is 12.8 Å². The number of ketones is 1. The van der Waals surface area contributed by atoms with Gasteiger partial charge in [-0.2, -0.15) is 4.98 Å². The van der Waals surface area contributed by atoms with Crippen molar-refractivity contribution in [3.63, 3.8) is 0 Å². The number of aromatic nitrogens is 2. The Kier molecular flexibility index (Phi) is 11.9. The highest BCUT2D eigenvalue weighted by Crippen LogP contribution is 2.26. The number of likely N-dealkylation sites (N-methyl/N-ethyl adjacent to an activating group) is 1. The Morgan fingerprint density at radius 3 is 2.40 bits per heavy atom. The number of carboxylic acids is 1. The Morgan fingerprint density at radius 2 is 1.79 bits per heavy atom. The number of hydrogen-bond donors (Lipinski definition) is 3. The molecule has 0 saturated carbocycles. The highest BCUT2D eigenvalue weighted by Gasteiger charge is 2.30. The van der Waals surface area contributed by atoms with Crippen LogP contribution >= 0.6 is 0 Å². The highest BCUT2D eigenvalue weighted by atomic mass is 16.5. The Labute approximate surface area is 250 Å². The van der Waals surface area contributed by atoms with Crippen LogP contribution in [0.25, 0.3) is 11.5 Å². The molecule has 2 aromatic carbocycles. The Bertz CT molecular complexity index is 1410. The number of benzene rings is 2. The zero-order valence-corrected chi connectivity index (χ0v) is 25.1. The minimum atomic E-state index is -1.25. The zero-order chi connectivity index (χ0) is 31.5. The molecule has 0 saturated heterocycles. The number of nitrogens with one attached hydrogen (secondary N) is 2. The van der Waals surface area contributed by atoms with E-state index in [1.807, 2.05) is 30.3 Å². The van der Waals surface area contributed by atoms with E-state index in [0.29, 0.717) is 41.6 Å². The number of aliphatic carboxylic acids is 1. The van der Waals surface area contributed by atoms with Crippen molar-refractivity contribution in [2.45, 2.75) is 52.1 Å². The quantitative estimate of drug-likeness (QED) is 0.225. The van der Waals surface area contributed by atoms with Gasteiger partial charge in [-0.3, -0.25) is 24.1 Å². The molecular weight excluding hydrogens is 554 g/mol. The highest BCUT2D eigenvalue weighted by molar-refractivity contribution is 5.95. The molecule has 3 rings (SSSR count). The normalized spacial score (nSPS) is 12.5. The number of carbonyl (C=O) groups is 4. The summed E-state index contributed by atoms with van der Waals surface area (Å²) >= 11 is 0. The lowest BCUT2D eigenvalue weighted by atomic mass is 10.0. The smallest absolute Gasteiger partial charge is 0.305 e. The van der Waals surface area contributed by atoms with Gasteiger partial charge in [0.05, 0.1) is 32.5 Å². The van der Waals surface area contributed by atoms with Crippen LogP contribution in [0.1, 0.15) is 37.2 Å². The molecule has 2 amide bonds. The molecule has 3 aromatic rings. The van der Waals surface area contributed by atoms with Gasteiger partial charge in [0, 0.05) is 17.7 Å². The first-order valence-electron chi connectivity index (χ1n) is 14.0. The number of ether oxygens (including phenoxy) is 1. The first-order valence-corrected chi connectivity index (χ1v) is 14.0. The molecular formula is C31H39N5O7. The van der Waals surface area contributed by atoms with E-state index < -0.39 is 42.1 Å². The predicted molar refractivity (Wildman–Crippen MR) is 158 cm³/mol. The van der Waals surface area contributed by atoms with Gasteiger partial charge in [0.25, 0.3) is 5.89 Å². The Morgan fingerprint density at radius 1 is 1.07 bits per heavy atom. The topological polar surface area (TPSA) is 164 Å². The van der Waals surface area contributed by atoms with E-state index in [2.05, 4.69) is 20.8 Å². The summed E-state index contributed by atoms with van der Waals surface area (Å²) < 4.78 is 10.6. The minimum Gasteiger partial charge on any atom is -0.496 e. The van der Waals surface area contributed by atoms with Crippen molar-refractivity contribution in [1.82, 2.24) is 25.7 Å². The number of carbonyl (C=O) groups excluding carboxylic acids is 3. The zero-order valence-electron chi connectivity index (χ0n) is 25.1. The van der Waals surface area contributed by atoms with E-state index in [4.69, 9.17) is 9.26 Å². The van der Waals surface area contributed by atoms with Gasteiger partial charge in [-0.05, 0) is 50.1 Å². The van der Waals surface area contributed by atoms with E-state index >= 15 is 0 Å². The van der Waals surface area contributed by atoms with Gasteiger partial charge in [-0.1, -0.05) is 49.3 Å². The predicted octanol–water partition coefficient (Wildman–Crippen LogP) is 2.44. The summed E-state index contributed by atoms with van der Waals surface area (Å²) in [5.74, 6) is -1.89. The van der Waals surface area contributed by atoms with Crippen LogP contribution in [0.2, 0.25) is 0 Å². The monoisotopic (exact) mass is 593 g/mol. The fourth-order valence-electron chi connectivity index (χ4n) is 4.50. The van der Waals surface area contributed by atoms with Crippen LogP contribution in [-0.2, 0) is 32.0 Å². The third-order valence-corrected chi connectivity index (χ3v) is 6.81. The molecule has 12 nitrogen and oxygen atoms in total. The van der Waals surface area contributed by atoms with Crippen molar-refractivity contribution in [2.75, 3.05) is 27.2 Å². The maximum absolute atomic E-state index is 13.3. The van der Waals surface area contributed by atoms with Gasteiger partial charge in [-0.25, -0.2) is 0 Å². The SMILES string of the molecule is COc1ccc(-c2nc(C)no2)cc1CC(=O)N[C@H](C(=O)NC(CC(=O)O)C(=O)CN(C)CCc1ccccc1)C(C)C. The molecule has 230 valence electrons. The van der Waals surface area contributed by atoms with Crippen molar-refractivity contribution < 1.29 is 33.5 Å². The van der Waals surface area contributed by atoms with Crippen LogP contribution in [-0.4, -0.2) is 83.0 Å². The molecule has 2 atom stereocenters. The third-order valence-electron chi connectivity index (χ3n) is 6.81. The molecule has 1 heterocycles. The van der Waals surface area contributed by atoms with E-state index in [9.17, 15) is 24.3 Å². The lowest BCUT2D eigenvalue weighted by molar-refractivity contribution is -0.141. The van der Waals surface area contributed by atoms with Gasteiger partial charge in [0.1, 0.15) is 11.8 Å². The standard InChI is InChI=1S/C31H39N5O7/c1-19(2)29(34-27(38)16-23-15-22(11-12-26(23)42-5)31-32-20(3)35-43-31)30(41)33-24(17-28(39)40)25(37)18-36(4)14-13-21-9-7-6-8-10-21/h6-12,15,19,24,29H,13-14,16-18H2,1-5H3,(H,33,41)(H,34,38)(H,39,40)/t24?,29-/m0/s1. The van der Waals surface area contributed by atoms with Crippen molar-refractivity contribution >= 4 is 23.6 Å². The summed E-state index contributed by atoms with van der Waals surface area (Å²) in [6.45, 7) is 5.72. The molecule has 0 radical (unpaired) electrons. The van der Waals surface area contributed by atoms with E-state index in [1.54, 1.807) is 50.9 Å². The number of carboxylic acid groups (broad SMARTS) is 1. The second-order valence-corrected chi connectivity index (χ2v) is 10.7. The molecule has 0 fully saturated rings. The minimum absolute atomic E-state index is 0.0422. The van der Waals surface area contributed by atoms with Crippen LogP contribution in [0.5, 0.6) is 5.75 Å². The fraction of sp³-hybridized carbons (Fsp3) is 0.419. The summed E-state index contributed by atoms with van der Waals surface area (Å²) in [5.41, 5.74) is 2.25. The fourth-order valence-corrected chi connectivity index (χ4v) is 4.50. The lowest BCUT2D eigenvalue weighted by Gasteiger charge is -2.26. The largest absolute Gasteiger partial charge is 0.496 e. The van der Waals surface area contributed by atoms with Gasteiger partial charge >= 0.3 is 5.97 Å². The summed E-state index contributed by atoms with van der Waals surface area (Å²) in [5, 5.41) is 18.5. The maximum Gasteiger partial charge on any atom is 0.305 e. The maximum atomic E-state index is 13.3. The molecule has 43 heavy (non-hydrogen) atoms. The van der Waals surface area contributed by atoms with Gasteiger partial charge in [-0.15, -0.1) is 0 Å². The van der Waals surface area contributed by atoms with Gasteiger partial charge in [0.2, 0.25) is 11.8 Å². The Balaban J connectivity index is 1.66. The third kappa shape index (κ3) is 10.0. The number of methoxy groups -OCH3 is 1.